The van der Waals surface area contributed by atoms with E-state index >= 15 is 0 Å². The van der Waals surface area contributed by atoms with Gasteiger partial charge >= 0.3 is 0 Å². The van der Waals surface area contributed by atoms with Crippen molar-refractivity contribution < 1.29 is 9.59 Å². The van der Waals surface area contributed by atoms with Crippen molar-refractivity contribution in [1.82, 2.24) is 9.80 Å². The van der Waals surface area contributed by atoms with Gasteiger partial charge in [0.15, 0.2) is 0 Å². The molecule has 2 saturated carbocycles. The Kier molecular flexibility index (Phi) is 5.74. The molecular formula is C20H29N3O2. The molecule has 0 spiro atoms. The monoisotopic (exact) mass is 343 g/mol. The first-order chi connectivity index (χ1) is 12.1. The molecule has 0 unspecified atom stereocenters. The van der Waals surface area contributed by atoms with Gasteiger partial charge in [-0.2, -0.15) is 0 Å². The van der Waals surface area contributed by atoms with Crippen molar-refractivity contribution in [2.45, 2.75) is 57.0 Å². The number of carbonyl (C=O) groups excluding carboxylic acids is 2. The lowest BCUT2D eigenvalue weighted by Crippen LogP contribution is -2.55. The van der Waals surface area contributed by atoms with Crippen molar-refractivity contribution in [2.24, 2.45) is 5.73 Å². The van der Waals surface area contributed by atoms with Crippen LogP contribution < -0.4 is 5.73 Å². The second-order valence-electron chi connectivity index (χ2n) is 7.53. The lowest BCUT2D eigenvalue weighted by Gasteiger charge is -2.44. The Morgan fingerprint density at radius 2 is 1.80 bits per heavy atom. The van der Waals surface area contributed by atoms with E-state index in [1.807, 2.05) is 17.0 Å². The smallest absolute Gasteiger partial charge is 0.248 e. The SMILES string of the molecule is C[C@@H]1CN(C2CCC2)CCN1C=O.NC(=O)c1ccc(C2CC2)cc1. The Morgan fingerprint density at radius 1 is 1.12 bits per heavy atom. The highest BCUT2D eigenvalue weighted by Gasteiger charge is 2.30. The average molecular weight is 343 g/mol. The lowest BCUT2D eigenvalue weighted by molar-refractivity contribution is -0.123. The van der Waals surface area contributed by atoms with Crippen molar-refractivity contribution in [3.05, 3.63) is 35.4 Å². The van der Waals surface area contributed by atoms with Gasteiger partial charge in [0.05, 0.1) is 0 Å². The summed E-state index contributed by atoms with van der Waals surface area (Å²) in [5.74, 6) is 0.393. The Bertz CT molecular complexity index is 593. The van der Waals surface area contributed by atoms with Crippen LogP contribution in [0.5, 0.6) is 0 Å². The molecule has 25 heavy (non-hydrogen) atoms. The van der Waals surface area contributed by atoms with Crippen molar-refractivity contribution >= 4 is 12.3 Å². The van der Waals surface area contributed by atoms with Gasteiger partial charge in [-0.15, -0.1) is 0 Å². The van der Waals surface area contributed by atoms with Crippen molar-refractivity contribution in [2.75, 3.05) is 19.6 Å². The molecule has 2 amide bonds. The van der Waals surface area contributed by atoms with Crippen LogP contribution in [0.3, 0.4) is 0 Å². The number of hydrogen-bond donors (Lipinski definition) is 1. The number of benzene rings is 1. The van der Waals surface area contributed by atoms with Gasteiger partial charge in [-0.3, -0.25) is 14.5 Å². The molecule has 1 aromatic carbocycles. The molecule has 1 heterocycles. The number of rotatable bonds is 4. The molecule has 3 fully saturated rings. The van der Waals surface area contributed by atoms with Gasteiger partial charge in [0.25, 0.3) is 0 Å². The van der Waals surface area contributed by atoms with Crippen LogP contribution in [-0.2, 0) is 4.79 Å². The Balaban J connectivity index is 0.000000146. The van der Waals surface area contributed by atoms with Crippen LogP contribution in [-0.4, -0.2) is 53.8 Å². The molecule has 0 bridgehead atoms. The van der Waals surface area contributed by atoms with Gasteiger partial charge in [0, 0.05) is 37.3 Å². The number of primary amides is 1. The van der Waals surface area contributed by atoms with E-state index in [2.05, 4.69) is 11.8 Å². The fraction of sp³-hybridized carbons (Fsp3) is 0.600. The van der Waals surface area contributed by atoms with Crippen molar-refractivity contribution in [1.29, 1.82) is 0 Å². The second-order valence-corrected chi connectivity index (χ2v) is 7.53. The number of piperazine rings is 1. The minimum absolute atomic E-state index is 0.350. The van der Waals surface area contributed by atoms with E-state index in [0.29, 0.717) is 11.6 Å². The molecule has 0 radical (unpaired) electrons. The van der Waals surface area contributed by atoms with Gasteiger partial charge < -0.3 is 10.6 Å². The van der Waals surface area contributed by atoms with Crippen LogP contribution in [0, 0.1) is 0 Å². The summed E-state index contributed by atoms with van der Waals surface area (Å²) in [7, 11) is 0. The quantitative estimate of drug-likeness (QED) is 0.854. The predicted molar refractivity (Wildman–Crippen MR) is 98.4 cm³/mol. The highest BCUT2D eigenvalue weighted by molar-refractivity contribution is 5.92. The fourth-order valence-electron chi connectivity index (χ4n) is 3.58. The molecule has 5 nitrogen and oxygen atoms in total. The molecule has 1 aliphatic heterocycles. The Hall–Kier alpha value is -1.88. The zero-order valence-corrected chi connectivity index (χ0v) is 15.1. The van der Waals surface area contributed by atoms with E-state index in [4.69, 9.17) is 5.73 Å². The van der Waals surface area contributed by atoms with Crippen molar-refractivity contribution in [3.8, 4) is 0 Å². The molecule has 4 rings (SSSR count). The third-order valence-electron chi connectivity index (χ3n) is 5.68. The molecule has 2 N–H and O–H groups in total. The first-order valence-corrected chi connectivity index (χ1v) is 9.43. The highest BCUT2D eigenvalue weighted by Crippen LogP contribution is 2.39. The maximum atomic E-state index is 10.7. The van der Waals surface area contributed by atoms with Crippen LogP contribution in [0.25, 0.3) is 0 Å². The zero-order valence-electron chi connectivity index (χ0n) is 15.1. The average Bonchev–Trinajstić information content (AvgIpc) is 3.39. The number of nitrogens with two attached hydrogens (primary N) is 1. The summed E-state index contributed by atoms with van der Waals surface area (Å²) < 4.78 is 0. The minimum atomic E-state index is -0.350. The molecule has 1 aromatic rings. The number of carbonyl (C=O) groups is 2. The van der Waals surface area contributed by atoms with E-state index in [-0.39, 0.29) is 5.91 Å². The maximum absolute atomic E-state index is 10.7. The fourth-order valence-corrected chi connectivity index (χ4v) is 3.58. The molecule has 1 saturated heterocycles. The molecular weight excluding hydrogens is 314 g/mol. The van der Waals surface area contributed by atoms with Crippen LogP contribution in [0.2, 0.25) is 0 Å². The third-order valence-corrected chi connectivity index (χ3v) is 5.68. The summed E-state index contributed by atoms with van der Waals surface area (Å²) in [5, 5.41) is 0. The van der Waals surface area contributed by atoms with Crippen molar-refractivity contribution in [3.63, 3.8) is 0 Å². The van der Waals surface area contributed by atoms with Gasteiger partial charge in [0.1, 0.15) is 0 Å². The lowest BCUT2D eigenvalue weighted by atomic mass is 9.90. The number of nitrogens with zero attached hydrogens (tertiary/aromatic N) is 2. The van der Waals surface area contributed by atoms with E-state index < -0.39 is 0 Å². The summed E-state index contributed by atoms with van der Waals surface area (Å²) in [6.07, 6.45) is 7.70. The molecule has 1 atom stereocenters. The standard InChI is InChI=1S/C10H18N2O.C10H11NO/c1-9-7-11(10-3-2-4-10)5-6-12(9)8-13;11-10(12)9-5-3-8(4-6-9)7-1-2-7/h8-10H,2-7H2,1H3;3-7H,1-2H2,(H2,11,12)/t9-;/m1./s1. The van der Waals surface area contributed by atoms with Gasteiger partial charge in [-0.25, -0.2) is 0 Å². The number of amides is 2. The second kappa shape index (κ2) is 8.00. The largest absolute Gasteiger partial charge is 0.366 e. The predicted octanol–water partition coefficient (Wildman–Crippen LogP) is 2.36. The number of hydrogen-bond acceptors (Lipinski definition) is 3. The van der Waals surface area contributed by atoms with Crippen LogP contribution >= 0.6 is 0 Å². The Labute approximate surface area is 150 Å². The summed E-state index contributed by atoms with van der Waals surface area (Å²) in [6, 6.07) is 8.84. The Morgan fingerprint density at radius 3 is 2.24 bits per heavy atom. The topological polar surface area (TPSA) is 66.6 Å². The molecule has 0 aromatic heterocycles. The van der Waals surface area contributed by atoms with Gasteiger partial charge in [0.2, 0.25) is 12.3 Å². The van der Waals surface area contributed by atoms with E-state index in [1.165, 1.54) is 37.7 Å². The first-order valence-electron chi connectivity index (χ1n) is 9.43. The summed E-state index contributed by atoms with van der Waals surface area (Å²) in [5.41, 5.74) is 7.05. The third kappa shape index (κ3) is 4.60. The van der Waals surface area contributed by atoms with Gasteiger partial charge in [-0.1, -0.05) is 18.6 Å². The summed E-state index contributed by atoms with van der Waals surface area (Å²) in [6.45, 7) is 5.21. The normalized spacial score (nSPS) is 24.0. The van der Waals surface area contributed by atoms with E-state index in [0.717, 1.165) is 38.0 Å². The molecule has 3 aliphatic rings. The first kappa shape index (κ1) is 17.9. The van der Waals surface area contributed by atoms with E-state index in [9.17, 15) is 9.59 Å². The summed E-state index contributed by atoms with van der Waals surface area (Å²) in [4.78, 5) is 25.8. The van der Waals surface area contributed by atoms with E-state index in [1.54, 1.807) is 12.1 Å². The zero-order chi connectivity index (χ0) is 17.8. The maximum Gasteiger partial charge on any atom is 0.248 e. The van der Waals surface area contributed by atoms with Crippen LogP contribution in [0.15, 0.2) is 24.3 Å². The summed E-state index contributed by atoms with van der Waals surface area (Å²) >= 11 is 0. The highest BCUT2D eigenvalue weighted by atomic mass is 16.1. The molecule has 136 valence electrons. The molecule has 5 heteroatoms. The van der Waals surface area contributed by atoms with Crippen LogP contribution in [0.1, 0.15) is 60.9 Å². The minimum Gasteiger partial charge on any atom is -0.366 e. The van der Waals surface area contributed by atoms with Crippen LogP contribution in [0.4, 0.5) is 0 Å². The van der Waals surface area contributed by atoms with Gasteiger partial charge in [-0.05, 0) is 56.2 Å². The molecule has 2 aliphatic carbocycles.